The number of aromatic nitrogens is 1. The zero-order chi connectivity index (χ0) is 14.1. The van der Waals surface area contributed by atoms with Gasteiger partial charge in [-0.3, -0.25) is 4.98 Å². The summed E-state index contributed by atoms with van der Waals surface area (Å²) in [7, 11) is 3.62. The normalized spacial score (nSPS) is 12.9. The average Bonchev–Trinajstić information content (AvgIpc) is 2.44. The van der Waals surface area contributed by atoms with Gasteiger partial charge in [0, 0.05) is 20.2 Å². The van der Waals surface area contributed by atoms with E-state index in [4.69, 9.17) is 4.74 Å². The van der Waals surface area contributed by atoms with Crippen LogP contribution in [0, 0.1) is 5.82 Å². The highest BCUT2D eigenvalue weighted by molar-refractivity contribution is 5.09. The van der Waals surface area contributed by atoms with Gasteiger partial charge in [0.1, 0.15) is 5.82 Å². The lowest BCUT2D eigenvalue weighted by Crippen LogP contribution is -2.31. The van der Waals surface area contributed by atoms with Crippen LogP contribution in [-0.2, 0) is 4.74 Å². The van der Waals surface area contributed by atoms with Crippen molar-refractivity contribution in [3.05, 3.63) is 29.8 Å². The van der Waals surface area contributed by atoms with E-state index in [1.807, 2.05) is 7.05 Å². The number of rotatable bonds is 9. The van der Waals surface area contributed by atoms with E-state index < -0.39 is 0 Å². The van der Waals surface area contributed by atoms with Gasteiger partial charge in [0.2, 0.25) is 0 Å². The number of nitrogens with one attached hydrogen (secondary N) is 1. The lowest BCUT2D eigenvalue weighted by Gasteiger charge is -2.23. The monoisotopic (exact) mass is 269 g/mol. The fourth-order valence-corrected chi connectivity index (χ4v) is 1.99. The Bertz CT molecular complexity index is 345. The minimum absolute atomic E-state index is 0.150. The summed E-state index contributed by atoms with van der Waals surface area (Å²) in [6.07, 6.45) is 2.20. The van der Waals surface area contributed by atoms with Crippen molar-refractivity contribution in [1.82, 2.24) is 15.2 Å². The summed E-state index contributed by atoms with van der Waals surface area (Å²) in [6, 6.07) is 3.34. The van der Waals surface area contributed by atoms with E-state index in [1.165, 1.54) is 12.3 Å². The number of halogens is 1. The molecule has 0 radical (unpaired) electrons. The van der Waals surface area contributed by atoms with Crippen LogP contribution in [0.1, 0.15) is 25.1 Å². The largest absolute Gasteiger partial charge is 0.383 e. The summed E-state index contributed by atoms with van der Waals surface area (Å²) in [5.74, 6) is -0.297. The second-order valence-corrected chi connectivity index (χ2v) is 4.46. The van der Waals surface area contributed by atoms with Crippen molar-refractivity contribution in [1.29, 1.82) is 0 Å². The molecule has 1 unspecified atom stereocenters. The van der Waals surface area contributed by atoms with Crippen LogP contribution in [0.2, 0.25) is 0 Å². The quantitative estimate of drug-likeness (QED) is 0.742. The van der Waals surface area contributed by atoms with Crippen LogP contribution in [0.15, 0.2) is 18.3 Å². The fraction of sp³-hybridized carbons (Fsp3) is 0.643. The summed E-state index contributed by atoms with van der Waals surface area (Å²) in [5.41, 5.74) is 0.881. The first-order valence-corrected chi connectivity index (χ1v) is 6.71. The highest BCUT2D eigenvalue weighted by Crippen LogP contribution is 2.14. The van der Waals surface area contributed by atoms with Crippen LogP contribution >= 0.6 is 0 Å². The number of methoxy groups -OCH3 is 1. The molecule has 5 heteroatoms. The molecule has 0 aromatic carbocycles. The molecule has 0 bridgehead atoms. The topological polar surface area (TPSA) is 37.4 Å². The molecule has 1 rings (SSSR count). The number of nitrogens with zero attached hydrogens (tertiary/aromatic N) is 2. The maximum Gasteiger partial charge on any atom is 0.141 e. The Kier molecular flexibility index (Phi) is 7.55. The zero-order valence-corrected chi connectivity index (χ0v) is 12.0. The van der Waals surface area contributed by atoms with E-state index >= 15 is 0 Å². The summed E-state index contributed by atoms with van der Waals surface area (Å²) >= 11 is 0. The molecular weight excluding hydrogens is 245 g/mol. The summed E-state index contributed by atoms with van der Waals surface area (Å²) in [4.78, 5) is 6.47. The second kappa shape index (κ2) is 8.96. The minimum atomic E-state index is -0.297. The highest BCUT2D eigenvalue weighted by Gasteiger charge is 2.12. The molecule has 0 spiro atoms. The molecule has 19 heavy (non-hydrogen) atoms. The fourth-order valence-electron chi connectivity index (χ4n) is 1.99. The van der Waals surface area contributed by atoms with Gasteiger partial charge in [-0.15, -0.1) is 0 Å². The van der Waals surface area contributed by atoms with E-state index in [0.29, 0.717) is 0 Å². The van der Waals surface area contributed by atoms with Crippen LogP contribution in [0.3, 0.4) is 0 Å². The van der Waals surface area contributed by atoms with Crippen molar-refractivity contribution >= 4 is 0 Å². The van der Waals surface area contributed by atoms with E-state index in [-0.39, 0.29) is 11.9 Å². The number of pyridine rings is 1. The van der Waals surface area contributed by atoms with Gasteiger partial charge >= 0.3 is 0 Å². The standard InChI is InChI=1S/C14H24FN3O/c1-4-18(9-10-19-3)8-7-13(16-2)14-6-5-12(15)11-17-14/h5-6,11,13,16H,4,7-10H2,1-3H3. The first kappa shape index (κ1) is 16.0. The number of hydrogen-bond acceptors (Lipinski definition) is 4. The van der Waals surface area contributed by atoms with E-state index in [2.05, 4.69) is 22.1 Å². The molecule has 0 aliphatic rings. The molecule has 1 N–H and O–H groups in total. The zero-order valence-electron chi connectivity index (χ0n) is 12.0. The van der Waals surface area contributed by atoms with E-state index in [1.54, 1.807) is 13.2 Å². The first-order valence-electron chi connectivity index (χ1n) is 6.71. The number of ether oxygens (including phenoxy) is 1. The molecule has 0 saturated heterocycles. The second-order valence-electron chi connectivity index (χ2n) is 4.46. The number of likely N-dealkylation sites (N-methyl/N-ethyl adjacent to an activating group) is 1. The van der Waals surface area contributed by atoms with Crippen molar-refractivity contribution < 1.29 is 9.13 Å². The van der Waals surface area contributed by atoms with Gasteiger partial charge in [0.25, 0.3) is 0 Å². The molecule has 1 heterocycles. The van der Waals surface area contributed by atoms with Gasteiger partial charge in [0.05, 0.1) is 24.5 Å². The molecule has 0 saturated carbocycles. The van der Waals surface area contributed by atoms with Gasteiger partial charge in [-0.2, -0.15) is 0 Å². The molecule has 0 fully saturated rings. The van der Waals surface area contributed by atoms with Gasteiger partial charge < -0.3 is 15.0 Å². The molecule has 0 aliphatic carbocycles. The van der Waals surface area contributed by atoms with Crippen molar-refractivity contribution in [2.24, 2.45) is 0 Å². The SMILES string of the molecule is CCN(CCOC)CCC(NC)c1ccc(F)cn1. The van der Waals surface area contributed by atoms with Gasteiger partial charge in [0.15, 0.2) is 0 Å². The molecule has 1 aromatic rings. The summed E-state index contributed by atoms with van der Waals surface area (Å²) in [6.45, 7) is 5.77. The van der Waals surface area contributed by atoms with Gasteiger partial charge in [-0.05, 0) is 32.1 Å². The van der Waals surface area contributed by atoms with Crippen molar-refractivity contribution in [2.45, 2.75) is 19.4 Å². The third-order valence-electron chi connectivity index (χ3n) is 3.25. The van der Waals surface area contributed by atoms with Crippen molar-refractivity contribution in [3.8, 4) is 0 Å². The molecule has 0 aliphatic heterocycles. The van der Waals surface area contributed by atoms with Gasteiger partial charge in [-0.1, -0.05) is 6.92 Å². The smallest absolute Gasteiger partial charge is 0.141 e. The Hall–Kier alpha value is -1.04. The molecule has 0 amide bonds. The Morgan fingerprint density at radius 1 is 1.42 bits per heavy atom. The summed E-state index contributed by atoms with van der Waals surface area (Å²) in [5, 5.41) is 3.23. The average molecular weight is 269 g/mol. The van der Waals surface area contributed by atoms with Crippen LogP contribution in [-0.4, -0.2) is 50.3 Å². The third kappa shape index (κ3) is 5.63. The lowest BCUT2D eigenvalue weighted by molar-refractivity contribution is 0.148. The van der Waals surface area contributed by atoms with E-state index in [9.17, 15) is 4.39 Å². The van der Waals surface area contributed by atoms with Crippen molar-refractivity contribution in [3.63, 3.8) is 0 Å². The Morgan fingerprint density at radius 3 is 2.74 bits per heavy atom. The molecule has 1 atom stereocenters. The van der Waals surface area contributed by atoms with Gasteiger partial charge in [-0.25, -0.2) is 4.39 Å². The van der Waals surface area contributed by atoms with Crippen LogP contribution in [0.5, 0.6) is 0 Å². The minimum Gasteiger partial charge on any atom is -0.383 e. The maximum absolute atomic E-state index is 12.9. The third-order valence-corrected chi connectivity index (χ3v) is 3.25. The molecule has 108 valence electrons. The molecule has 1 aromatic heterocycles. The van der Waals surface area contributed by atoms with Crippen LogP contribution < -0.4 is 5.32 Å². The Balaban J connectivity index is 2.49. The molecule has 4 nitrogen and oxygen atoms in total. The lowest BCUT2D eigenvalue weighted by atomic mass is 10.1. The first-order chi connectivity index (χ1) is 9.21. The Morgan fingerprint density at radius 2 is 2.21 bits per heavy atom. The number of hydrogen-bond donors (Lipinski definition) is 1. The maximum atomic E-state index is 12.9. The predicted molar refractivity (Wildman–Crippen MR) is 74.6 cm³/mol. The van der Waals surface area contributed by atoms with Crippen molar-refractivity contribution in [2.75, 3.05) is 40.4 Å². The van der Waals surface area contributed by atoms with Crippen LogP contribution in [0.4, 0.5) is 4.39 Å². The Labute approximate surface area is 115 Å². The summed E-state index contributed by atoms with van der Waals surface area (Å²) < 4.78 is 18.0. The highest BCUT2D eigenvalue weighted by atomic mass is 19.1. The molecular formula is C14H24FN3O. The van der Waals surface area contributed by atoms with Crippen LogP contribution in [0.25, 0.3) is 0 Å². The predicted octanol–water partition coefficient (Wildman–Crippen LogP) is 1.84. The van der Waals surface area contributed by atoms with E-state index in [0.717, 1.165) is 38.4 Å².